The highest BCUT2D eigenvalue weighted by Gasteiger charge is 2.30. The third-order valence-corrected chi connectivity index (χ3v) is 5.34. The summed E-state index contributed by atoms with van der Waals surface area (Å²) >= 11 is 0. The Morgan fingerprint density at radius 3 is 2.17 bits per heavy atom. The van der Waals surface area contributed by atoms with Gasteiger partial charge in [-0.05, 0) is 24.6 Å². The summed E-state index contributed by atoms with van der Waals surface area (Å²) in [6.45, 7) is 4.81. The van der Waals surface area contributed by atoms with Crippen molar-refractivity contribution in [3.63, 3.8) is 0 Å². The van der Waals surface area contributed by atoms with E-state index in [1.807, 2.05) is 60.4 Å². The Hall–Kier alpha value is -3.68. The molecule has 8 nitrogen and oxygen atoms in total. The number of nitrogens with one attached hydrogen (secondary N) is 1. The summed E-state index contributed by atoms with van der Waals surface area (Å²) < 4.78 is 0. The fourth-order valence-electron chi connectivity index (χ4n) is 3.72. The van der Waals surface area contributed by atoms with E-state index in [9.17, 15) is 10.1 Å². The summed E-state index contributed by atoms with van der Waals surface area (Å²) in [5, 5.41) is 15.1. The van der Waals surface area contributed by atoms with Crippen LogP contribution >= 0.6 is 0 Å². The van der Waals surface area contributed by atoms with Crippen molar-refractivity contribution in [2.75, 3.05) is 41.3 Å². The molecule has 1 aliphatic rings. The minimum atomic E-state index is -0.390. The first-order chi connectivity index (χ1) is 14.6. The average molecular weight is 404 g/mol. The van der Waals surface area contributed by atoms with Gasteiger partial charge in [-0.3, -0.25) is 10.1 Å². The molecule has 2 aromatic carbocycles. The molecule has 154 valence electrons. The lowest BCUT2D eigenvalue weighted by Gasteiger charge is -2.36. The van der Waals surface area contributed by atoms with Crippen LogP contribution in [-0.4, -0.2) is 41.1 Å². The van der Waals surface area contributed by atoms with E-state index in [2.05, 4.69) is 32.3 Å². The summed E-state index contributed by atoms with van der Waals surface area (Å²) in [5.74, 6) is 0.609. The Morgan fingerprint density at radius 2 is 1.53 bits per heavy atom. The summed E-state index contributed by atoms with van der Waals surface area (Å²) in [7, 11) is 0. The van der Waals surface area contributed by atoms with E-state index in [4.69, 9.17) is 0 Å². The minimum absolute atomic E-state index is 0.0755. The van der Waals surface area contributed by atoms with Gasteiger partial charge in [-0.15, -0.1) is 0 Å². The molecule has 1 aromatic heterocycles. The Balaban J connectivity index is 1.54. The number of piperazine rings is 1. The van der Waals surface area contributed by atoms with Gasteiger partial charge in [0.05, 0.1) is 11.0 Å². The van der Waals surface area contributed by atoms with Crippen molar-refractivity contribution in [3.8, 4) is 0 Å². The fourth-order valence-corrected chi connectivity index (χ4v) is 3.72. The normalized spacial score (nSPS) is 15.0. The number of para-hydroxylation sites is 1. The maximum atomic E-state index is 11.9. The highest BCUT2D eigenvalue weighted by molar-refractivity contribution is 5.71. The van der Waals surface area contributed by atoms with Crippen molar-refractivity contribution in [1.82, 2.24) is 9.97 Å². The van der Waals surface area contributed by atoms with E-state index in [1.54, 1.807) is 0 Å². The molecule has 2 heterocycles. The van der Waals surface area contributed by atoms with Crippen molar-refractivity contribution in [2.24, 2.45) is 0 Å². The van der Waals surface area contributed by atoms with Crippen molar-refractivity contribution in [1.29, 1.82) is 0 Å². The van der Waals surface area contributed by atoms with E-state index >= 15 is 0 Å². The molecule has 0 amide bonds. The lowest BCUT2D eigenvalue weighted by Crippen LogP contribution is -2.47. The number of hydrogen-bond donors (Lipinski definition) is 1. The van der Waals surface area contributed by atoms with Crippen LogP contribution in [0, 0.1) is 10.1 Å². The van der Waals surface area contributed by atoms with E-state index in [1.165, 1.54) is 6.33 Å². The molecule has 0 bridgehead atoms. The highest BCUT2D eigenvalue weighted by atomic mass is 16.6. The maximum absolute atomic E-state index is 11.9. The smallest absolute Gasteiger partial charge is 0.353 e. The van der Waals surface area contributed by atoms with E-state index < -0.39 is 0 Å². The molecule has 4 rings (SSSR count). The van der Waals surface area contributed by atoms with Gasteiger partial charge < -0.3 is 15.1 Å². The number of hydrogen-bond acceptors (Lipinski definition) is 7. The molecule has 8 heteroatoms. The minimum Gasteiger partial charge on any atom is -0.368 e. The predicted octanol–water partition coefficient (Wildman–Crippen LogP) is 3.88. The molecule has 0 spiro atoms. The first kappa shape index (κ1) is 19.6. The van der Waals surface area contributed by atoms with Crippen molar-refractivity contribution in [3.05, 3.63) is 82.7 Å². The van der Waals surface area contributed by atoms with Crippen molar-refractivity contribution >= 4 is 23.0 Å². The summed E-state index contributed by atoms with van der Waals surface area (Å²) in [6, 6.07) is 19.9. The second kappa shape index (κ2) is 8.77. The Kier molecular flexibility index (Phi) is 5.74. The monoisotopic (exact) mass is 404 g/mol. The molecule has 1 fully saturated rings. The summed E-state index contributed by atoms with van der Waals surface area (Å²) in [5.41, 5.74) is 2.12. The van der Waals surface area contributed by atoms with E-state index in [0.29, 0.717) is 18.9 Å². The predicted molar refractivity (Wildman–Crippen MR) is 118 cm³/mol. The molecule has 3 aromatic rings. The zero-order valence-electron chi connectivity index (χ0n) is 16.8. The Labute approximate surface area is 175 Å². The van der Waals surface area contributed by atoms with Crippen LogP contribution < -0.4 is 15.1 Å². The maximum Gasteiger partial charge on any atom is 0.353 e. The molecular formula is C22H24N6O2. The fraction of sp³-hybridized carbons (Fsp3) is 0.273. The quantitative estimate of drug-likeness (QED) is 0.493. The zero-order valence-corrected chi connectivity index (χ0v) is 16.8. The highest BCUT2D eigenvalue weighted by Crippen LogP contribution is 2.34. The number of rotatable bonds is 6. The Bertz CT molecular complexity index is 991. The molecule has 30 heavy (non-hydrogen) atoms. The molecule has 1 saturated heterocycles. The topological polar surface area (TPSA) is 87.4 Å². The molecule has 1 aliphatic heterocycles. The van der Waals surface area contributed by atoms with Crippen LogP contribution in [0.2, 0.25) is 0 Å². The molecule has 0 saturated carbocycles. The van der Waals surface area contributed by atoms with Crippen LogP contribution in [-0.2, 0) is 0 Å². The van der Waals surface area contributed by atoms with Gasteiger partial charge in [0.1, 0.15) is 6.33 Å². The second-order valence-electron chi connectivity index (χ2n) is 7.24. The first-order valence-corrected chi connectivity index (χ1v) is 9.99. The van der Waals surface area contributed by atoms with E-state index in [0.717, 1.165) is 24.3 Å². The summed E-state index contributed by atoms with van der Waals surface area (Å²) in [6.07, 6.45) is 1.39. The average Bonchev–Trinajstić information content (AvgIpc) is 2.80. The summed E-state index contributed by atoms with van der Waals surface area (Å²) in [4.78, 5) is 24.3. The molecule has 1 N–H and O–H groups in total. The van der Waals surface area contributed by atoms with Gasteiger partial charge in [0.2, 0.25) is 11.6 Å². The third-order valence-electron chi connectivity index (χ3n) is 5.34. The standard InChI is InChI=1S/C22H24N6O2/c1-17(18-8-4-2-5-9-18)25-21-20(28(29)30)22(24-16-23-21)27-14-12-26(13-15-27)19-10-6-3-7-11-19/h2-11,16-17H,12-15H2,1H3,(H,23,24,25). The lowest BCUT2D eigenvalue weighted by molar-refractivity contribution is -0.383. The molecule has 1 unspecified atom stereocenters. The molecule has 1 atom stereocenters. The molecule has 0 radical (unpaired) electrons. The number of nitrogens with zero attached hydrogens (tertiary/aromatic N) is 5. The zero-order chi connectivity index (χ0) is 20.9. The van der Waals surface area contributed by atoms with Gasteiger partial charge in [-0.25, -0.2) is 9.97 Å². The first-order valence-electron chi connectivity index (χ1n) is 9.99. The van der Waals surface area contributed by atoms with Crippen LogP contribution in [0.3, 0.4) is 0 Å². The van der Waals surface area contributed by atoms with Crippen LogP contribution in [0.4, 0.5) is 23.0 Å². The second-order valence-corrected chi connectivity index (χ2v) is 7.24. The van der Waals surface area contributed by atoms with Crippen LogP contribution in [0.5, 0.6) is 0 Å². The largest absolute Gasteiger partial charge is 0.368 e. The number of benzene rings is 2. The van der Waals surface area contributed by atoms with Crippen LogP contribution in [0.1, 0.15) is 18.5 Å². The number of anilines is 3. The van der Waals surface area contributed by atoms with Crippen LogP contribution in [0.15, 0.2) is 67.0 Å². The van der Waals surface area contributed by atoms with Gasteiger partial charge in [-0.1, -0.05) is 48.5 Å². The third kappa shape index (κ3) is 4.17. The van der Waals surface area contributed by atoms with Gasteiger partial charge in [-0.2, -0.15) is 0 Å². The van der Waals surface area contributed by atoms with Crippen molar-refractivity contribution in [2.45, 2.75) is 13.0 Å². The van der Waals surface area contributed by atoms with Crippen molar-refractivity contribution < 1.29 is 4.92 Å². The van der Waals surface area contributed by atoms with E-state index in [-0.39, 0.29) is 22.5 Å². The molecule has 0 aliphatic carbocycles. The van der Waals surface area contributed by atoms with Gasteiger partial charge >= 0.3 is 5.69 Å². The van der Waals surface area contributed by atoms with Gasteiger partial charge in [0.15, 0.2) is 0 Å². The SMILES string of the molecule is CC(Nc1ncnc(N2CCN(c3ccccc3)CC2)c1[N+](=O)[O-])c1ccccc1. The van der Waals surface area contributed by atoms with Gasteiger partial charge in [0.25, 0.3) is 0 Å². The number of nitro groups is 1. The lowest BCUT2D eigenvalue weighted by atomic mass is 10.1. The Morgan fingerprint density at radius 1 is 0.933 bits per heavy atom. The van der Waals surface area contributed by atoms with Gasteiger partial charge in [0, 0.05) is 31.9 Å². The van der Waals surface area contributed by atoms with Crippen LogP contribution in [0.25, 0.3) is 0 Å². The number of aromatic nitrogens is 2. The molecular weight excluding hydrogens is 380 g/mol.